The van der Waals surface area contributed by atoms with Gasteiger partial charge in [-0.05, 0) is 46.9 Å². The van der Waals surface area contributed by atoms with Gasteiger partial charge in [0.05, 0.1) is 14.1 Å². The van der Waals surface area contributed by atoms with E-state index in [1.165, 1.54) is 11.3 Å². The van der Waals surface area contributed by atoms with Crippen LogP contribution in [-0.2, 0) is 4.79 Å². The molecule has 0 atom stereocenters. The minimum Gasteiger partial charge on any atom is -0.482 e. The minimum atomic E-state index is -0.201. The zero-order chi connectivity index (χ0) is 14.1. The van der Waals surface area contributed by atoms with E-state index in [-0.39, 0.29) is 18.4 Å². The highest BCUT2D eigenvalue weighted by Crippen LogP contribution is 2.30. The molecule has 0 saturated carbocycles. The number of thiophene rings is 1. The molecular formula is C13H9IN2O3S. The summed E-state index contributed by atoms with van der Waals surface area (Å²) in [5.74, 6) is 0.230. The number of carbonyl (C=O) groups excluding carboxylic acids is 2. The van der Waals surface area contributed by atoms with Crippen LogP contribution in [0.5, 0.6) is 5.75 Å². The summed E-state index contributed by atoms with van der Waals surface area (Å²) in [6, 6.07) is 6.97. The van der Waals surface area contributed by atoms with E-state index in [1.807, 2.05) is 6.07 Å². The normalized spacial score (nSPS) is 13.2. The van der Waals surface area contributed by atoms with Crippen LogP contribution in [0.2, 0.25) is 0 Å². The van der Waals surface area contributed by atoms with E-state index in [4.69, 9.17) is 4.74 Å². The van der Waals surface area contributed by atoms with Crippen molar-refractivity contribution in [1.29, 1.82) is 0 Å². The highest BCUT2D eigenvalue weighted by atomic mass is 127. The monoisotopic (exact) mass is 400 g/mol. The van der Waals surface area contributed by atoms with Crippen molar-refractivity contribution in [2.75, 3.05) is 17.2 Å². The fourth-order valence-electron chi connectivity index (χ4n) is 1.79. The van der Waals surface area contributed by atoms with E-state index in [2.05, 4.69) is 33.2 Å². The molecule has 0 unspecified atom stereocenters. The van der Waals surface area contributed by atoms with Gasteiger partial charge in [-0.25, -0.2) is 0 Å². The van der Waals surface area contributed by atoms with Gasteiger partial charge in [-0.1, -0.05) is 0 Å². The van der Waals surface area contributed by atoms with Gasteiger partial charge in [0.15, 0.2) is 6.61 Å². The summed E-state index contributed by atoms with van der Waals surface area (Å²) in [7, 11) is 0. The maximum Gasteiger partial charge on any atom is 0.262 e. The van der Waals surface area contributed by atoms with E-state index in [0.717, 1.165) is 2.88 Å². The summed E-state index contributed by atoms with van der Waals surface area (Å²) in [4.78, 5) is 23.3. The average Bonchev–Trinajstić information content (AvgIpc) is 2.85. The van der Waals surface area contributed by atoms with Gasteiger partial charge >= 0.3 is 0 Å². The molecule has 0 fully saturated rings. The van der Waals surface area contributed by atoms with Crippen molar-refractivity contribution in [3.8, 4) is 5.75 Å². The fourth-order valence-corrected chi connectivity index (χ4v) is 3.12. The molecule has 0 spiro atoms. The molecular weight excluding hydrogens is 391 g/mol. The number of halogens is 1. The molecule has 0 saturated heterocycles. The number of anilines is 2. The molecule has 0 bridgehead atoms. The van der Waals surface area contributed by atoms with E-state index in [9.17, 15) is 9.59 Å². The molecule has 1 aromatic heterocycles. The molecule has 5 nitrogen and oxygen atoms in total. The van der Waals surface area contributed by atoms with Crippen LogP contribution in [0.25, 0.3) is 0 Å². The topological polar surface area (TPSA) is 67.4 Å². The second kappa shape index (κ2) is 5.41. The minimum absolute atomic E-state index is 0.0199. The summed E-state index contributed by atoms with van der Waals surface area (Å²) >= 11 is 3.69. The Kier molecular flexibility index (Phi) is 3.62. The van der Waals surface area contributed by atoms with Crippen LogP contribution >= 0.6 is 33.9 Å². The SMILES string of the molecule is O=C1COc2ccc(NC(=O)c3csc(I)c3)cc2N1. The van der Waals surface area contributed by atoms with Gasteiger partial charge in [-0.15, -0.1) is 11.3 Å². The largest absolute Gasteiger partial charge is 0.482 e. The summed E-state index contributed by atoms with van der Waals surface area (Å²) in [5.41, 5.74) is 1.80. The molecule has 2 amide bonds. The standard InChI is InChI=1S/C13H9IN2O3S/c14-11-3-7(6-20-11)13(18)15-8-1-2-10-9(4-8)16-12(17)5-19-10/h1-4,6H,5H2,(H,15,18)(H,16,17). The van der Waals surface area contributed by atoms with Crippen LogP contribution < -0.4 is 15.4 Å². The second-order valence-corrected chi connectivity index (χ2v) is 6.95. The number of carbonyl (C=O) groups is 2. The molecule has 0 radical (unpaired) electrons. The molecule has 1 aliphatic rings. The van der Waals surface area contributed by atoms with Crippen molar-refractivity contribution >= 4 is 57.1 Å². The first kappa shape index (κ1) is 13.4. The number of hydrogen-bond donors (Lipinski definition) is 2. The Morgan fingerprint density at radius 1 is 1.40 bits per heavy atom. The van der Waals surface area contributed by atoms with Gasteiger partial charge < -0.3 is 15.4 Å². The van der Waals surface area contributed by atoms with Crippen molar-refractivity contribution in [3.63, 3.8) is 0 Å². The first-order chi connectivity index (χ1) is 9.61. The number of benzene rings is 1. The van der Waals surface area contributed by atoms with Gasteiger partial charge in [0.1, 0.15) is 5.75 Å². The number of fused-ring (bicyclic) bond motifs is 1. The molecule has 1 aromatic carbocycles. The van der Waals surface area contributed by atoms with Crippen LogP contribution in [0, 0.1) is 2.88 Å². The number of hydrogen-bond acceptors (Lipinski definition) is 4. The lowest BCUT2D eigenvalue weighted by Gasteiger charge is -2.18. The number of nitrogens with one attached hydrogen (secondary N) is 2. The second-order valence-electron chi connectivity index (χ2n) is 4.14. The van der Waals surface area contributed by atoms with Gasteiger partial charge in [-0.3, -0.25) is 9.59 Å². The number of ether oxygens (including phenoxy) is 1. The summed E-state index contributed by atoms with van der Waals surface area (Å²) in [5, 5.41) is 7.30. The van der Waals surface area contributed by atoms with Crippen LogP contribution in [0.15, 0.2) is 29.6 Å². The van der Waals surface area contributed by atoms with Gasteiger partial charge in [-0.2, -0.15) is 0 Å². The van der Waals surface area contributed by atoms with E-state index < -0.39 is 0 Å². The predicted molar refractivity (Wildman–Crippen MR) is 85.6 cm³/mol. The van der Waals surface area contributed by atoms with Gasteiger partial charge in [0, 0.05) is 11.1 Å². The molecule has 2 N–H and O–H groups in total. The Bertz CT molecular complexity index is 699. The lowest BCUT2D eigenvalue weighted by Crippen LogP contribution is -2.25. The summed E-state index contributed by atoms with van der Waals surface area (Å²) < 4.78 is 6.31. The Morgan fingerprint density at radius 2 is 2.25 bits per heavy atom. The van der Waals surface area contributed by atoms with E-state index in [1.54, 1.807) is 23.6 Å². The average molecular weight is 400 g/mol. The van der Waals surface area contributed by atoms with Crippen molar-refractivity contribution in [2.24, 2.45) is 0 Å². The maximum absolute atomic E-state index is 12.0. The molecule has 3 rings (SSSR count). The van der Waals surface area contributed by atoms with Gasteiger partial charge in [0.25, 0.3) is 11.8 Å². The summed E-state index contributed by atoms with van der Waals surface area (Å²) in [6.07, 6.45) is 0. The van der Waals surface area contributed by atoms with E-state index >= 15 is 0 Å². The van der Waals surface area contributed by atoms with Crippen LogP contribution in [0.1, 0.15) is 10.4 Å². The maximum atomic E-state index is 12.0. The number of amides is 2. The first-order valence-corrected chi connectivity index (χ1v) is 7.70. The van der Waals surface area contributed by atoms with Crippen molar-refractivity contribution in [1.82, 2.24) is 0 Å². The lowest BCUT2D eigenvalue weighted by molar-refractivity contribution is -0.118. The highest BCUT2D eigenvalue weighted by Gasteiger charge is 2.16. The van der Waals surface area contributed by atoms with Crippen LogP contribution in [-0.4, -0.2) is 18.4 Å². The zero-order valence-electron chi connectivity index (χ0n) is 10.1. The van der Waals surface area contributed by atoms with Crippen LogP contribution in [0.3, 0.4) is 0 Å². The van der Waals surface area contributed by atoms with E-state index in [0.29, 0.717) is 22.7 Å². The lowest BCUT2D eigenvalue weighted by atomic mass is 10.2. The third-order valence-corrected chi connectivity index (χ3v) is 4.49. The first-order valence-electron chi connectivity index (χ1n) is 5.74. The Balaban J connectivity index is 1.80. The smallest absolute Gasteiger partial charge is 0.262 e. The van der Waals surface area contributed by atoms with Crippen molar-refractivity contribution in [3.05, 3.63) is 38.1 Å². The predicted octanol–water partition coefficient (Wildman–Crippen LogP) is 2.94. The molecule has 20 heavy (non-hydrogen) atoms. The fraction of sp³-hybridized carbons (Fsp3) is 0.0769. The van der Waals surface area contributed by atoms with Crippen molar-refractivity contribution < 1.29 is 14.3 Å². The Labute approximate surface area is 132 Å². The highest BCUT2D eigenvalue weighted by molar-refractivity contribution is 14.1. The molecule has 0 aliphatic carbocycles. The zero-order valence-corrected chi connectivity index (χ0v) is 13.1. The molecule has 1 aliphatic heterocycles. The molecule has 102 valence electrons. The Morgan fingerprint density at radius 3 is 3.00 bits per heavy atom. The molecule has 2 aromatic rings. The van der Waals surface area contributed by atoms with Crippen LogP contribution in [0.4, 0.5) is 11.4 Å². The Hall–Kier alpha value is -1.61. The third-order valence-electron chi connectivity index (χ3n) is 2.70. The van der Waals surface area contributed by atoms with Crippen molar-refractivity contribution in [2.45, 2.75) is 0 Å². The molecule has 2 heterocycles. The quantitative estimate of drug-likeness (QED) is 0.762. The summed E-state index contributed by atoms with van der Waals surface area (Å²) in [6.45, 7) is 0.0199. The van der Waals surface area contributed by atoms with Gasteiger partial charge in [0.2, 0.25) is 0 Å². The molecule has 7 heteroatoms. The third kappa shape index (κ3) is 2.78. The number of rotatable bonds is 2.